The van der Waals surface area contributed by atoms with Crippen LogP contribution < -0.4 is 4.72 Å². The van der Waals surface area contributed by atoms with E-state index in [1.807, 2.05) is 0 Å². The van der Waals surface area contributed by atoms with Gasteiger partial charge in [0.05, 0.1) is 11.4 Å². The van der Waals surface area contributed by atoms with E-state index in [9.17, 15) is 9.35 Å². The van der Waals surface area contributed by atoms with Gasteiger partial charge in [-0.05, 0) is 0 Å². The summed E-state index contributed by atoms with van der Waals surface area (Å²) >= 11 is -1.46. The molecule has 6 nitrogen and oxygen atoms in total. The second kappa shape index (κ2) is 3.70. The number of hydrogen-bond acceptors (Lipinski definition) is 5. The van der Waals surface area contributed by atoms with Gasteiger partial charge >= 0.3 is 6.16 Å². The van der Waals surface area contributed by atoms with Gasteiger partial charge in [-0.3, -0.25) is 0 Å². The first kappa shape index (κ1) is 10.6. The van der Waals surface area contributed by atoms with Crippen molar-refractivity contribution in [3.05, 3.63) is 0 Å². The molecule has 1 aliphatic heterocycles. The molecule has 1 fully saturated rings. The molecule has 1 aliphatic rings. The van der Waals surface area contributed by atoms with Crippen molar-refractivity contribution < 1.29 is 23.9 Å². The average molecular weight is 209 g/mol. The lowest BCUT2D eigenvalue weighted by Gasteiger charge is -2.35. The van der Waals surface area contributed by atoms with Gasteiger partial charge in [0.15, 0.2) is 0 Å². The molecule has 1 rings (SSSR count). The van der Waals surface area contributed by atoms with Crippen molar-refractivity contribution in [2.24, 2.45) is 0 Å². The quantitative estimate of drug-likeness (QED) is 0.467. The maximum absolute atomic E-state index is 11.3. The Balaban J connectivity index is 2.46. The predicted octanol–water partition coefficient (Wildman–Crippen LogP) is 0.0267. The van der Waals surface area contributed by atoms with Crippen LogP contribution in [0.4, 0.5) is 4.79 Å². The number of carboxylic acid groups (broad SMARTS) is 1. The smallest absolute Gasteiger partial charge is 0.507 e. The van der Waals surface area contributed by atoms with Crippen LogP contribution in [0.5, 0.6) is 0 Å². The summed E-state index contributed by atoms with van der Waals surface area (Å²) in [5, 5.41) is 8.27. The fourth-order valence-electron chi connectivity index (χ4n) is 0.805. The Bertz CT molecular complexity index is 209. The minimum atomic E-state index is -1.46. The van der Waals surface area contributed by atoms with Crippen molar-refractivity contribution in [2.45, 2.75) is 25.0 Å². The normalized spacial score (nSPS) is 32.5. The first-order valence-electron chi connectivity index (χ1n) is 3.63. The van der Waals surface area contributed by atoms with Gasteiger partial charge in [0.1, 0.15) is 6.61 Å². The number of nitrogens with one attached hydrogen (secondary N) is 1. The molecule has 2 atom stereocenters. The molecule has 2 N–H and O–H groups in total. The highest BCUT2D eigenvalue weighted by molar-refractivity contribution is 7.90. The molecule has 0 saturated carbocycles. The third-order valence-electron chi connectivity index (χ3n) is 1.51. The highest BCUT2D eigenvalue weighted by Crippen LogP contribution is 2.21. The molecule has 0 spiro atoms. The van der Waals surface area contributed by atoms with Gasteiger partial charge in [0.2, 0.25) is 11.2 Å². The third kappa shape index (κ3) is 2.73. The van der Waals surface area contributed by atoms with Crippen LogP contribution in [0.1, 0.15) is 13.8 Å². The molecule has 13 heavy (non-hydrogen) atoms. The molecule has 76 valence electrons. The Kier molecular flexibility index (Phi) is 3.01. The SMILES string of the molecule is CC1(C)OCC(OC(=O)O)N[S+]1[O-]. The summed E-state index contributed by atoms with van der Waals surface area (Å²) in [6.07, 6.45) is -2.27. The number of rotatable bonds is 1. The van der Waals surface area contributed by atoms with E-state index in [-0.39, 0.29) is 6.61 Å². The van der Waals surface area contributed by atoms with Crippen molar-refractivity contribution in [3.8, 4) is 0 Å². The first-order valence-corrected chi connectivity index (χ1v) is 4.78. The molecular weight excluding hydrogens is 198 g/mol. The summed E-state index contributed by atoms with van der Waals surface area (Å²) in [4.78, 5) is 9.31. The highest BCUT2D eigenvalue weighted by Gasteiger charge is 2.42. The molecule has 0 radical (unpaired) electrons. The Morgan fingerprint density at radius 1 is 1.85 bits per heavy atom. The molecule has 7 heteroatoms. The summed E-state index contributed by atoms with van der Waals surface area (Å²) in [6, 6.07) is 0. The molecule has 0 aliphatic carbocycles. The van der Waals surface area contributed by atoms with Gasteiger partial charge in [-0.2, -0.15) is 0 Å². The van der Waals surface area contributed by atoms with Gasteiger partial charge in [0, 0.05) is 13.8 Å². The van der Waals surface area contributed by atoms with Crippen LogP contribution in [0.25, 0.3) is 0 Å². The molecule has 0 aromatic carbocycles. The van der Waals surface area contributed by atoms with Gasteiger partial charge in [-0.15, -0.1) is 0 Å². The van der Waals surface area contributed by atoms with Crippen molar-refractivity contribution in [1.29, 1.82) is 0 Å². The Morgan fingerprint density at radius 3 is 2.92 bits per heavy atom. The van der Waals surface area contributed by atoms with E-state index in [2.05, 4.69) is 9.46 Å². The summed E-state index contributed by atoms with van der Waals surface area (Å²) < 4.78 is 23.3. The second-order valence-electron chi connectivity index (χ2n) is 2.97. The summed E-state index contributed by atoms with van der Waals surface area (Å²) in [7, 11) is 0. The number of hydrogen-bond donors (Lipinski definition) is 2. The van der Waals surface area contributed by atoms with E-state index in [1.54, 1.807) is 13.8 Å². The summed E-state index contributed by atoms with van der Waals surface area (Å²) in [5.74, 6) is 0. The zero-order chi connectivity index (χ0) is 10.1. The van der Waals surface area contributed by atoms with Crippen LogP contribution in [-0.2, 0) is 20.8 Å². The fraction of sp³-hybridized carbons (Fsp3) is 0.833. The molecule has 0 aromatic rings. The average Bonchev–Trinajstić information content (AvgIpc) is 1.97. The van der Waals surface area contributed by atoms with Gasteiger partial charge < -0.3 is 19.1 Å². The van der Waals surface area contributed by atoms with Crippen molar-refractivity contribution in [3.63, 3.8) is 0 Å². The minimum absolute atomic E-state index is 0.0606. The van der Waals surface area contributed by atoms with Crippen LogP contribution in [0.2, 0.25) is 0 Å². The van der Waals surface area contributed by atoms with E-state index in [1.165, 1.54) is 0 Å². The Morgan fingerprint density at radius 2 is 2.46 bits per heavy atom. The summed E-state index contributed by atoms with van der Waals surface area (Å²) in [6.45, 7) is 3.35. The molecular formula is C6H11NO5S. The number of carbonyl (C=O) groups is 1. The topological polar surface area (TPSA) is 90.9 Å². The maximum atomic E-state index is 11.3. The Hall–Kier alpha value is -0.500. The van der Waals surface area contributed by atoms with Gasteiger partial charge in [-0.25, -0.2) is 4.79 Å². The van der Waals surface area contributed by atoms with Crippen LogP contribution in [0.15, 0.2) is 0 Å². The molecule has 0 aromatic heterocycles. The van der Waals surface area contributed by atoms with Crippen molar-refractivity contribution in [2.75, 3.05) is 6.61 Å². The molecule has 0 bridgehead atoms. The maximum Gasteiger partial charge on any atom is 0.507 e. The zero-order valence-corrected chi connectivity index (χ0v) is 8.09. The zero-order valence-electron chi connectivity index (χ0n) is 7.27. The monoisotopic (exact) mass is 209 g/mol. The molecule has 0 amide bonds. The van der Waals surface area contributed by atoms with Crippen LogP contribution in [-0.4, -0.2) is 33.6 Å². The standard InChI is InChI=1S/C6H11NO5S/c1-6(2)11-3-4(7-13(6)10)12-5(8)9/h4,7H,3H2,1-2H3,(H,8,9). The minimum Gasteiger partial charge on any atom is -0.596 e. The lowest BCUT2D eigenvalue weighted by Crippen LogP contribution is -2.56. The number of ether oxygens (including phenoxy) is 2. The van der Waals surface area contributed by atoms with E-state index < -0.39 is 28.7 Å². The van der Waals surface area contributed by atoms with Crippen LogP contribution >= 0.6 is 0 Å². The molecule has 1 saturated heterocycles. The Labute approximate surface area is 78.5 Å². The van der Waals surface area contributed by atoms with E-state index in [0.717, 1.165) is 0 Å². The van der Waals surface area contributed by atoms with Crippen LogP contribution in [0.3, 0.4) is 0 Å². The largest absolute Gasteiger partial charge is 0.596 e. The van der Waals surface area contributed by atoms with Gasteiger partial charge in [-0.1, -0.05) is 4.72 Å². The van der Waals surface area contributed by atoms with E-state index >= 15 is 0 Å². The highest BCUT2D eigenvalue weighted by atomic mass is 32.2. The summed E-state index contributed by atoms with van der Waals surface area (Å²) in [5.41, 5.74) is 0. The fourth-order valence-corrected chi connectivity index (χ4v) is 1.62. The van der Waals surface area contributed by atoms with E-state index in [0.29, 0.717) is 0 Å². The second-order valence-corrected chi connectivity index (χ2v) is 4.73. The third-order valence-corrected chi connectivity index (χ3v) is 3.00. The lowest BCUT2D eigenvalue weighted by molar-refractivity contribution is -0.0544. The predicted molar refractivity (Wildman–Crippen MR) is 44.2 cm³/mol. The van der Waals surface area contributed by atoms with E-state index in [4.69, 9.17) is 9.84 Å². The van der Waals surface area contributed by atoms with Crippen molar-refractivity contribution in [1.82, 2.24) is 4.72 Å². The molecule has 1 heterocycles. The van der Waals surface area contributed by atoms with Crippen molar-refractivity contribution >= 4 is 17.5 Å². The van der Waals surface area contributed by atoms with Gasteiger partial charge in [0.25, 0.3) is 0 Å². The van der Waals surface area contributed by atoms with Crippen LogP contribution in [0, 0.1) is 0 Å². The lowest BCUT2D eigenvalue weighted by atomic mass is 10.4. The first-order chi connectivity index (χ1) is 5.92. The molecule has 2 unspecified atom stereocenters.